The lowest BCUT2D eigenvalue weighted by Gasteiger charge is -2.35. The van der Waals surface area contributed by atoms with Gasteiger partial charge in [-0.05, 0) is 26.7 Å². The molecule has 0 aromatic carbocycles. The van der Waals surface area contributed by atoms with Gasteiger partial charge in [0.05, 0.1) is 6.61 Å². The van der Waals surface area contributed by atoms with Gasteiger partial charge in [-0.2, -0.15) is 0 Å². The number of halogens is 1. The minimum Gasteiger partial charge on any atom is -0.450 e. The molecule has 0 aromatic rings. The predicted molar refractivity (Wildman–Crippen MR) is 107 cm³/mol. The second-order valence-corrected chi connectivity index (χ2v) is 5.93. The van der Waals surface area contributed by atoms with E-state index in [1.54, 1.807) is 4.90 Å². The maximum absolute atomic E-state index is 12.2. The Kier molecular flexibility index (Phi) is 9.91. The lowest BCUT2D eigenvalue weighted by molar-refractivity contribution is -0.128. The molecule has 0 spiro atoms. The molecule has 0 aromatic heterocycles. The first kappa shape index (κ1) is 21.8. The highest BCUT2D eigenvalue weighted by Gasteiger charge is 2.24. The van der Waals surface area contributed by atoms with E-state index in [-0.39, 0.29) is 42.5 Å². The van der Waals surface area contributed by atoms with Crippen molar-refractivity contribution in [3.8, 4) is 0 Å². The number of guanidine groups is 1. The third kappa shape index (κ3) is 6.52. The lowest BCUT2D eigenvalue weighted by Crippen LogP contribution is -2.54. The van der Waals surface area contributed by atoms with Crippen LogP contribution in [-0.4, -0.2) is 91.6 Å². The van der Waals surface area contributed by atoms with Crippen LogP contribution < -0.4 is 5.32 Å². The maximum Gasteiger partial charge on any atom is 0.409 e. The third-order valence-corrected chi connectivity index (χ3v) is 4.26. The summed E-state index contributed by atoms with van der Waals surface area (Å²) in [6.45, 7) is 9.40. The molecule has 2 aliphatic heterocycles. The Balaban J connectivity index is 0.00000312. The van der Waals surface area contributed by atoms with Crippen molar-refractivity contribution in [1.82, 2.24) is 20.0 Å². The van der Waals surface area contributed by atoms with Gasteiger partial charge in [0.2, 0.25) is 5.91 Å². The van der Waals surface area contributed by atoms with Crippen molar-refractivity contribution in [2.45, 2.75) is 26.7 Å². The zero-order valence-electron chi connectivity index (χ0n) is 15.2. The average molecular weight is 467 g/mol. The fraction of sp³-hybridized carbons (Fsp3) is 0.812. The highest BCUT2D eigenvalue weighted by atomic mass is 127. The predicted octanol–water partition coefficient (Wildman–Crippen LogP) is 0.966. The maximum atomic E-state index is 12.2. The zero-order chi connectivity index (χ0) is 17.4. The fourth-order valence-electron chi connectivity index (χ4n) is 2.95. The molecule has 2 aliphatic rings. The van der Waals surface area contributed by atoms with Crippen LogP contribution in [0.3, 0.4) is 0 Å². The van der Waals surface area contributed by atoms with E-state index in [0.29, 0.717) is 32.8 Å². The normalized spacial score (nSPS) is 18.0. The largest absolute Gasteiger partial charge is 0.450 e. The quantitative estimate of drug-likeness (QED) is 0.379. The van der Waals surface area contributed by atoms with E-state index in [4.69, 9.17) is 4.74 Å². The molecule has 0 unspecified atom stereocenters. The van der Waals surface area contributed by atoms with Crippen molar-refractivity contribution in [2.75, 3.05) is 59.0 Å². The summed E-state index contributed by atoms with van der Waals surface area (Å²) in [5, 5.41) is 3.24. The Morgan fingerprint density at radius 2 is 1.56 bits per heavy atom. The number of nitrogens with zero attached hydrogens (tertiary/aromatic N) is 4. The summed E-state index contributed by atoms with van der Waals surface area (Å²) in [4.78, 5) is 34.1. The molecule has 2 heterocycles. The van der Waals surface area contributed by atoms with Crippen molar-refractivity contribution in [1.29, 1.82) is 0 Å². The number of nitrogens with one attached hydrogen (secondary N) is 1. The van der Waals surface area contributed by atoms with Gasteiger partial charge in [-0.3, -0.25) is 4.79 Å². The molecule has 2 fully saturated rings. The molecule has 1 N–H and O–H groups in total. The number of carbonyl (C=O) groups is 2. The molecule has 8 nitrogen and oxygen atoms in total. The summed E-state index contributed by atoms with van der Waals surface area (Å²) < 4.78 is 5.03. The summed E-state index contributed by atoms with van der Waals surface area (Å²) in [5.41, 5.74) is 0. The molecule has 2 rings (SSSR count). The average Bonchev–Trinajstić information content (AvgIpc) is 3.13. The van der Waals surface area contributed by atoms with E-state index >= 15 is 0 Å². The van der Waals surface area contributed by atoms with Gasteiger partial charge in [0.25, 0.3) is 0 Å². The van der Waals surface area contributed by atoms with E-state index < -0.39 is 0 Å². The fourth-order valence-corrected chi connectivity index (χ4v) is 2.95. The van der Waals surface area contributed by atoms with E-state index in [1.165, 1.54) is 0 Å². The van der Waals surface area contributed by atoms with Crippen LogP contribution in [0.1, 0.15) is 26.7 Å². The second-order valence-electron chi connectivity index (χ2n) is 5.93. The van der Waals surface area contributed by atoms with Gasteiger partial charge in [0.15, 0.2) is 5.96 Å². The summed E-state index contributed by atoms with van der Waals surface area (Å²) in [6, 6.07) is 0. The molecule has 0 aliphatic carbocycles. The molecule has 144 valence electrons. The number of hydrogen-bond donors (Lipinski definition) is 1. The standard InChI is InChI=1S/C16H29N5O3.HI/c1-3-17-15(18-13-14(22)19-7-5-6-8-19)20-9-11-21(12-10-20)16(23)24-4-2;/h3-13H2,1-2H3,(H,17,18);1H. The van der Waals surface area contributed by atoms with Crippen molar-refractivity contribution >= 4 is 41.9 Å². The van der Waals surface area contributed by atoms with Gasteiger partial charge in [-0.25, -0.2) is 9.79 Å². The highest BCUT2D eigenvalue weighted by Crippen LogP contribution is 2.08. The van der Waals surface area contributed by atoms with Crippen molar-refractivity contribution in [3.05, 3.63) is 0 Å². The zero-order valence-corrected chi connectivity index (χ0v) is 17.5. The molecular formula is C16H30IN5O3. The van der Waals surface area contributed by atoms with E-state index in [0.717, 1.165) is 38.4 Å². The number of likely N-dealkylation sites (tertiary alicyclic amines) is 1. The number of ether oxygens (including phenoxy) is 1. The summed E-state index contributed by atoms with van der Waals surface area (Å²) in [5.74, 6) is 0.835. The third-order valence-electron chi connectivity index (χ3n) is 4.26. The van der Waals surface area contributed by atoms with Crippen LogP contribution in [-0.2, 0) is 9.53 Å². The Bertz CT molecular complexity index is 461. The van der Waals surface area contributed by atoms with Crippen LogP contribution in [0.25, 0.3) is 0 Å². The molecule has 25 heavy (non-hydrogen) atoms. The first-order chi connectivity index (χ1) is 11.7. The Labute approximate surface area is 167 Å². The van der Waals surface area contributed by atoms with E-state index in [2.05, 4.69) is 15.2 Å². The Morgan fingerprint density at radius 1 is 0.960 bits per heavy atom. The summed E-state index contributed by atoms with van der Waals surface area (Å²) in [6.07, 6.45) is 1.92. The molecule has 9 heteroatoms. The van der Waals surface area contributed by atoms with E-state index in [1.807, 2.05) is 18.7 Å². The summed E-state index contributed by atoms with van der Waals surface area (Å²) >= 11 is 0. The number of amides is 2. The van der Waals surface area contributed by atoms with Crippen LogP contribution in [0.5, 0.6) is 0 Å². The van der Waals surface area contributed by atoms with Gasteiger partial charge in [-0.1, -0.05) is 0 Å². The first-order valence-electron chi connectivity index (χ1n) is 8.88. The number of aliphatic imine (C=N–C) groups is 1. The number of piperazine rings is 1. The van der Waals surface area contributed by atoms with Crippen LogP contribution in [0, 0.1) is 0 Å². The Hall–Kier alpha value is -1.26. The van der Waals surface area contributed by atoms with Crippen LogP contribution in [0.4, 0.5) is 4.79 Å². The van der Waals surface area contributed by atoms with Crippen LogP contribution in [0.15, 0.2) is 4.99 Å². The number of rotatable bonds is 4. The molecule has 2 saturated heterocycles. The lowest BCUT2D eigenvalue weighted by atomic mass is 10.3. The second kappa shape index (κ2) is 11.4. The SMILES string of the molecule is CCNC(=NCC(=O)N1CCCC1)N1CCN(C(=O)OCC)CC1.I. The van der Waals surface area contributed by atoms with Gasteiger partial charge in [0.1, 0.15) is 6.54 Å². The highest BCUT2D eigenvalue weighted by molar-refractivity contribution is 14.0. The van der Waals surface area contributed by atoms with Gasteiger partial charge >= 0.3 is 6.09 Å². The minimum atomic E-state index is -0.261. The van der Waals surface area contributed by atoms with Crippen LogP contribution in [0.2, 0.25) is 0 Å². The van der Waals surface area contributed by atoms with Crippen molar-refractivity contribution < 1.29 is 14.3 Å². The summed E-state index contributed by atoms with van der Waals surface area (Å²) in [7, 11) is 0. The molecule has 2 amide bonds. The van der Waals surface area contributed by atoms with Gasteiger partial charge < -0.3 is 24.8 Å². The Morgan fingerprint density at radius 3 is 2.12 bits per heavy atom. The molecule has 0 saturated carbocycles. The first-order valence-corrected chi connectivity index (χ1v) is 8.88. The van der Waals surface area contributed by atoms with Gasteiger partial charge in [-0.15, -0.1) is 24.0 Å². The van der Waals surface area contributed by atoms with Crippen molar-refractivity contribution in [2.24, 2.45) is 4.99 Å². The molecule has 0 bridgehead atoms. The van der Waals surface area contributed by atoms with Gasteiger partial charge in [0, 0.05) is 45.8 Å². The molecule has 0 atom stereocenters. The monoisotopic (exact) mass is 467 g/mol. The minimum absolute atomic E-state index is 0. The number of carbonyl (C=O) groups excluding carboxylic acids is 2. The van der Waals surface area contributed by atoms with Crippen molar-refractivity contribution in [3.63, 3.8) is 0 Å². The topological polar surface area (TPSA) is 77.5 Å². The van der Waals surface area contributed by atoms with Crippen LogP contribution >= 0.6 is 24.0 Å². The number of hydrogen-bond acceptors (Lipinski definition) is 4. The molecular weight excluding hydrogens is 437 g/mol. The smallest absolute Gasteiger partial charge is 0.409 e. The van der Waals surface area contributed by atoms with E-state index in [9.17, 15) is 9.59 Å². The molecule has 0 radical (unpaired) electrons.